The number of nitrogens with one attached hydrogen (secondary N) is 2. The van der Waals surface area contributed by atoms with Gasteiger partial charge in [-0.05, 0) is 49.0 Å². The quantitative estimate of drug-likeness (QED) is 0.133. The van der Waals surface area contributed by atoms with Crippen molar-refractivity contribution in [2.75, 3.05) is 26.3 Å². The van der Waals surface area contributed by atoms with Gasteiger partial charge in [-0.25, -0.2) is 0 Å². The molecule has 0 spiro atoms. The number of ketones is 2. The maximum atomic E-state index is 13.1. The van der Waals surface area contributed by atoms with E-state index in [-0.39, 0.29) is 62.1 Å². The molecule has 1 aliphatic rings. The van der Waals surface area contributed by atoms with Gasteiger partial charge in [0.1, 0.15) is 13.2 Å². The number of carbonyl (C=O) groups is 6. The first-order valence-corrected chi connectivity index (χ1v) is 12.6. The fourth-order valence-electron chi connectivity index (χ4n) is 3.78. The lowest BCUT2D eigenvalue weighted by molar-refractivity contribution is -0.149. The van der Waals surface area contributed by atoms with E-state index in [0.717, 1.165) is 24.3 Å². The molecule has 38 heavy (non-hydrogen) atoms. The largest absolute Gasteiger partial charge is 0.463 e. The second-order valence-electron chi connectivity index (χ2n) is 9.62. The van der Waals surface area contributed by atoms with E-state index in [0.29, 0.717) is 0 Å². The Labute approximate surface area is 223 Å². The molecule has 10 heteroatoms. The summed E-state index contributed by atoms with van der Waals surface area (Å²) in [6.07, 6.45) is 4.92. The molecule has 0 aromatic carbocycles. The molecule has 0 fully saturated rings. The van der Waals surface area contributed by atoms with Crippen molar-refractivity contribution in [1.29, 1.82) is 0 Å². The molecule has 208 valence electrons. The van der Waals surface area contributed by atoms with Gasteiger partial charge >= 0.3 is 11.9 Å². The molecule has 0 bridgehead atoms. The highest BCUT2D eigenvalue weighted by atomic mass is 16.5. The predicted octanol–water partition coefficient (Wildman–Crippen LogP) is 2.01. The first-order valence-electron chi connectivity index (χ1n) is 12.6. The zero-order valence-corrected chi connectivity index (χ0v) is 22.5. The van der Waals surface area contributed by atoms with Crippen molar-refractivity contribution in [3.05, 3.63) is 48.6 Å². The van der Waals surface area contributed by atoms with Crippen molar-refractivity contribution >= 4 is 35.3 Å². The molecule has 2 atom stereocenters. The summed E-state index contributed by atoms with van der Waals surface area (Å²) in [5.41, 5.74) is -0.00671. The van der Waals surface area contributed by atoms with E-state index < -0.39 is 47.2 Å². The lowest BCUT2D eigenvalue weighted by atomic mass is 9.79. The third kappa shape index (κ3) is 10.7. The Hall–Kier alpha value is -3.82. The normalized spacial score (nSPS) is 14.7. The summed E-state index contributed by atoms with van der Waals surface area (Å²) in [6.45, 7) is 14.1. The second kappa shape index (κ2) is 16.1. The SMILES string of the molecule is C=CC(=O)NCCOC(=O)C(CC(C)C)C1=CC(=O)C(C(CC(C)C)C(=O)OCCNC(=O)C=C)=CC1=O. The van der Waals surface area contributed by atoms with E-state index in [4.69, 9.17) is 9.47 Å². The van der Waals surface area contributed by atoms with Crippen molar-refractivity contribution in [1.82, 2.24) is 10.6 Å². The Morgan fingerprint density at radius 2 is 1.08 bits per heavy atom. The lowest BCUT2D eigenvalue weighted by Crippen LogP contribution is -2.33. The topological polar surface area (TPSA) is 145 Å². The van der Waals surface area contributed by atoms with Gasteiger partial charge in [-0.2, -0.15) is 0 Å². The fourth-order valence-corrected chi connectivity index (χ4v) is 3.78. The molecule has 1 aliphatic carbocycles. The molecule has 2 amide bonds. The molecule has 0 heterocycles. The van der Waals surface area contributed by atoms with Crippen LogP contribution in [-0.4, -0.2) is 61.6 Å². The smallest absolute Gasteiger partial charge is 0.313 e. The van der Waals surface area contributed by atoms with Crippen molar-refractivity contribution < 1.29 is 38.2 Å². The molecule has 0 saturated heterocycles. The average molecular weight is 531 g/mol. The number of esters is 2. The number of allylic oxidation sites excluding steroid dienone is 2. The van der Waals surface area contributed by atoms with Gasteiger partial charge < -0.3 is 20.1 Å². The summed E-state index contributed by atoms with van der Waals surface area (Å²) in [6, 6.07) is 0. The van der Waals surface area contributed by atoms with Crippen molar-refractivity contribution in [2.24, 2.45) is 23.7 Å². The van der Waals surface area contributed by atoms with E-state index >= 15 is 0 Å². The summed E-state index contributed by atoms with van der Waals surface area (Å²) in [5.74, 6) is -5.25. The summed E-state index contributed by atoms with van der Waals surface area (Å²) in [4.78, 5) is 74.5. The van der Waals surface area contributed by atoms with Crippen molar-refractivity contribution in [3.8, 4) is 0 Å². The van der Waals surface area contributed by atoms with Crippen LogP contribution >= 0.6 is 0 Å². The van der Waals surface area contributed by atoms with E-state index in [1.165, 1.54) is 0 Å². The Kier molecular flexibility index (Phi) is 13.7. The van der Waals surface area contributed by atoms with Crippen LogP contribution < -0.4 is 10.6 Å². The number of rotatable bonds is 16. The minimum atomic E-state index is -0.983. The molecule has 0 saturated carbocycles. The molecular formula is C28H38N2O8. The molecule has 0 aromatic rings. The maximum Gasteiger partial charge on any atom is 0.313 e. The van der Waals surface area contributed by atoms with Crippen LogP contribution in [0.5, 0.6) is 0 Å². The summed E-state index contributed by atoms with van der Waals surface area (Å²) >= 11 is 0. The van der Waals surface area contributed by atoms with E-state index in [1.807, 2.05) is 27.7 Å². The molecule has 1 rings (SSSR count). The van der Waals surface area contributed by atoms with E-state index in [2.05, 4.69) is 23.8 Å². The Balaban J connectivity index is 3.04. The van der Waals surface area contributed by atoms with Crippen LogP contribution in [0.2, 0.25) is 0 Å². The van der Waals surface area contributed by atoms with E-state index in [9.17, 15) is 28.8 Å². The van der Waals surface area contributed by atoms with Crippen LogP contribution in [0.1, 0.15) is 40.5 Å². The van der Waals surface area contributed by atoms with E-state index in [1.54, 1.807) is 0 Å². The number of ether oxygens (including phenoxy) is 2. The number of hydrogen-bond acceptors (Lipinski definition) is 8. The van der Waals surface area contributed by atoms with Crippen LogP contribution in [0, 0.1) is 23.7 Å². The molecular weight excluding hydrogens is 492 g/mol. The first-order chi connectivity index (χ1) is 17.9. The average Bonchev–Trinajstić information content (AvgIpc) is 2.86. The minimum absolute atomic E-state index is 0.00335. The summed E-state index contributed by atoms with van der Waals surface area (Å²) < 4.78 is 10.5. The van der Waals surface area contributed by atoms with Gasteiger partial charge in [-0.15, -0.1) is 0 Å². The van der Waals surface area contributed by atoms with Gasteiger partial charge in [0.05, 0.1) is 24.9 Å². The molecule has 0 aromatic heterocycles. The van der Waals surface area contributed by atoms with Crippen molar-refractivity contribution in [2.45, 2.75) is 40.5 Å². The highest BCUT2D eigenvalue weighted by molar-refractivity contribution is 6.22. The number of amides is 2. The third-order valence-corrected chi connectivity index (χ3v) is 5.54. The van der Waals surface area contributed by atoms with Crippen LogP contribution in [0.4, 0.5) is 0 Å². The minimum Gasteiger partial charge on any atom is -0.463 e. The highest BCUT2D eigenvalue weighted by Gasteiger charge is 2.37. The van der Waals surface area contributed by atoms with Gasteiger partial charge in [0, 0.05) is 11.1 Å². The zero-order valence-electron chi connectivity index (χ0n) is 22.5. The number of carbonyl (C=O) groups excluding carboxylic acids is 6. The van der Waals surface area contributed by atoms with Gasteiger partial charge in [-0.3, -0.25) is 28.8 Å². The van der Waals surface area contributed by atoms with Gasteiger partial charge in [-0.1, -0.05) is 40.9 Å². The van der Waals surface area contributed by atoms with Crippen LogP contribution in [0.25, 0.3) is 0 Å². The standard InChI is InChI=1S/C28H38N2O8/c1-7-25(33)29-9-11-37-27(35)21(13-17(3)4)19-15-24(32)20(16-23(19)31)22(14-18(5)6)28(36)38-12-10-30-26(34)8-2/h7-8,15-18,21-22H,1-2,9-14H2,3-6H3,(H,29,33)(H,30,34). The zero-order chi connectivity index (χ0) is 28.8. The number of hydrogen-bond donors (Lipinski definition) is 2. The van der Waals surface area contributed by atoms with Crippen LogP contribution in [0.15, 0.2) is 48.6 Å². The predicted molar refractivity (Wildman–Crippen MR) is 140 cm³/mol. The van der Waals surface area contributed by atoms with Crippen molar-refractivity contribution in [3.63, 3.8) is 0 Å². The Morgan fingerprint density at radius 1 is 0.737 bits per heavy atom. The lowest BCUT2D eigenvalue weighted by Gasteiger charge is -2.25. The molecule has 0 aliphatic heterocycles. The molecule has 10 nitrogen and oxygen atoms in total. The van der Waals surface area contributed by atoms with Crippen LogP contribution in [0.3, 0.4) is 0 Å². The van der Waals surface area contributed by atoms with Crippen LogP contribution in [-0.2, 0) is 38.2 Å². The molecule has 0 radical (unpaired) electrons. The monoisotopic (exact) mass is 530 g/mol. The van der Waals surface area contributed by atoms with Gasteiger partial charge in [0.2, 0.25) is 11.8 Å². The summed E-state index contributed by atoms with van der Waals surface area (Å²) in [7, 11) is 0. The first kappa shape index (κ1) is 32.2. The fraction of sp³-hybridized carbons (Fsp3) is 0.500. The third-order valence-electron chi connectivity index (χ3n) is 5.54. The van der Waals surface area contributed by atoms with Gasteiger partial charge in [0.25, 0.3) is 0 Å². The van der Waals surface area contributed by atoms with Gasteiger partial charge in [0.15, 0.2) is 11.6 Å². The Morgan fingerprint density at radius 3 is 1.37 bits per heavy atom. The maximum absolute atomic E-state index is 13.1. The molecule has 2 N–H and O–H groups in total. The molecule has 2 unspecified atom stereocenters. The Bertz CT molecular complexity index is 926. The second-order valence-corrected chi connectivity index (χ2v) is 9.62. The summed E-state index contributed by atoms with van der Waals surface area (Å²) in [5, 5.41) is 4.97. The highest BCUT2D eigenvalue weighted by Crippen LogP contribution is 2.31.